The molecular formula is C21H14N5+. The summed E-state index contributed by atoms with van der Waals surface area (Å²) in [6.07, 6.45) is 5.76. The predicted molar refractivity (Wildman–Crippen MR) is 103 cm³/mol. The fourth-order valence-electron chi connectivity index (χ4n) is 3.80. The van der Waals surface area contributed by atoms with Crippen LogP contribution in [0.1, 0.15) is 0 Å². The molecule has 4 heterocycles. The molecule has 0 aliphatic rings. The molecule has 0 fully saturated rings. The molecule has 0 bridgehead atoms. The van der Waals surface area contributed by atoms with E-state index in [1.54, 1.807) is 0 Å². The van der Waals surface area contributed by atoms with Crippen LogP contribution in [0.25, 0.3) is 55.1 Å². The van der Waals surface area contributed by atoms with Gasteiger partial charge in [-0.25, -0.2) is 9.97 Å². The van der Waals surface area contributed by atoms with E-state index in [4.69, 9.17) is 4.98 Å². The zero-order chi connectivity index (χ0) is 17.1. The maximum atomic E-state index is 4.93. The fraction of sp³-hybridized carbons (Fsp3) is 0. The minimum Gasteiger partial charge on any atom is -0.360 e. The van der Waals surface area contributed by atoms with Gasteiger partial charge in [0.2, 0.25) is 5.52 Å². The molecule has 0 unspecified atom stereocenters. The predicted octanol–water partition coefficient (Wildman–Crippen LogP) is 4.23. The molecule has 0 radical (unpaired) electrons. The summed E-state index contributed by atoms with van der Waals surface area (Å²) in [5, 5.41) is 3.39. The van der Waals surface area contributed by atoms with E-state index >= 15 is 0 Å². The van der Waals surface area contributed by atoms with Gasteiger partial charge in [0.15, 0.2) is 6.20 Å². The number of H-pyrrole nitrogens is 3. The molecule has 6 aromatic rings. The smallest absolute Gasteiger partial charge is 0.237 e. The van der Waals surface area contributed by atoms with Crippen LogP contribution in [0.4, 0.5) is 0 Å². The summed E-state index contributed by atoms with van der Waals surface area (Å²) in [5.41, 5.74) is 5.98. The van der Waals surface area contributed by atoms with E-state index in [0.29, 0.717) is 0 Å². The van der Waals surface area contributed by atoms with Gasteiger partial charge in [-0.15, -0.1) is 0 Å². The molecule has 0 atom stereocenters. The second-order valence-corrected chi connectivity index (χ2v) is 6.42. The largest absolute Gasteiger partial charge is 0.360 e. The molecule has 5 heteroatoms. The Morgan fingerprint density at radius 2 is 1.73 bits per heavy atom. The van der Waals surface area contributed by atoms with E-state index in [1.807, 2.05) is 42.9 Å². The summed E-state index contributed by atoms with van der Waals surface area (Å²) in [6, 6.07) is 16.4. The monoisotopic (exact) mass is 336 g/mol. The highest BCUT2D eigenvalue weighted by Gasteiger charge is 2.19. The number of benzene rings is 2. The van der Waals surface area contributed by atoms with Crippen molar-refractivity contribution in [1.82, 2.24) is 19.9 Å². The van der Waals surface area contributed by atoms with Crippen LogP contribution in [0.5, 0.6) is 0 Å². The summed E-state index contributed by atoms with van der Waals surface area (Å²) in [6.45, 7) is 0. The average molecular weight is 336 g/mol. The second-order valence-electron chi connectivity index (χ2n) is 6.42. The molecule has 0 aliphatic heterocycles. The number of aromatic amines is 3. The number of aromatic nitrogens is 5. The molecule has 0 saturated heterocycles. The Balaban J connectivity index is 1.78. The van der Waals surface area contributed by atoms with Gasteiger partial charge in [0, 0.05) is 40.3 Å². The Morgan fingerprint density at radius 1 is 0.846 bits per heavy atom. The van der Waals surface area contributed by atoms with E-state index in [-0.39, 0.29) is 0 Å². The Labute approximate surface area is 147 Å². The van der Waals surface area contributed by atoms with Crippen LogP contribution in [0.3, 0.4) is 0 Å². The highest BCUT2D eigenvalue weighted by atomic mass is 14.9. The minimum atomic E-state index is 0.842. The van der Waals surface area contributed by atoms with E-state index in [1.165, 1.54) is 0 Å². The number of nitrogens with one attached hydrogen (secondary N) is 3. The Kier molecular flexibility index (Phi) is 2.55. The molecule has 6 rings (SSSR count). The number of imidazole rings is 1. The van der Waals surface area contributed by atoms with Crippen molar-refractivity contribution >= 4 is 43.7 Å². The van der Waals surface area contributed by atoms with Gasteiger partial charge in [0.1, 0.15) is 16.9 Å². The number of nitrogens with zero attached hydrogens (tertiary/aromatic N) is 2. The average Bonchev–Trinajstić information content (AvgIpc) is 3.33. The van der Waals surface area contributed by atoms with Gasteiger partial charge in [-0.3, -0.25) is 4.98 Å². The lowest BCUT2D eigenvalue weighted by Gasteiger charge is -2.00. The number of para-hydroxylation sites is 1. The number of hydrogen-bond donors (Lipinski definition) is 2. The van der Waals surface area contributed by atoms with E-state index in [9.17, 15) is 0 Å². The first kappa shape index (κ1) is 13.5. The first-order valence-electron chi connectivity index (χ1n) is 8.53. The molecule has 0 amide bonds. The van der Waals surface area contributed by atoms with Gasteiger partial charge in [-0.05, 0) is 18.2 Å². The Hall–Kier alpha value is -3.73. The van der Waals surface area contributed by atoms with Gasteiger partial charge in [0.05, 0.1) is 10.9 Å². The van der Waals surface area contributed by atoms with Gasteiger partial charge in [0.25, 0.3) is 0 Å². The first-order valence-corrected chi connectivity index (χ1v) is 8.53. The van der Waals surface area contributed by atoms with Crippen molar-refractivity contribution in [2.45, 2.75) is 0 Å². The fourth-order valence-corrected chi connectivity index (χ4v) is 3.80. The molecule has 2 aromatic carbocycles. The summed E-state index contributed by atoms with van der Waals surface area (Å²) >= 11 is 0. The highest BCUT2D eigenvalue weighted by molar-refractivity contribution is 6.20. The van der Waals surface area contributed by atoms with Crippen LogP contribution >= 0.6 is 0 Å². The molecular weight excluding hydrogens is 322 g/mol. The van der Waals surface area contributed by atoms with Crippen molar-refractivity contribution in [1.29, 1.82) is 0 Å². The molecule has 26 heavy (non-hydrogen) atoms. The third-order valence-electron chi connectivity index (χ3n) is 4.98. The topological polar surface area (TPSA) is 71.5 Å². The van der Waals surface area contributed by atoms with E-state index in [0.717, 1.165) is 55.1 Å². The third kappa shape index (κ3) is 1.71. The summed E-state index contributed by atoms with van der Waals surface area (Å²) in [7, 11) is 0. The number of hydrogen-bond acceptors (Lipinski definition) is 2. The van der Waals surface area contributed by atoms with Gasteiger partial charge in [-0.1, -0.05) is 24.3 Å². The zero-order valence-corrected chi connectivity index (χ0v) is 13.7. The van der Waals surface area contributed by atoms with Crippen molar-refractivity contribution in [2.24, 2.45) is 0 Å². The van der Waals surface area contributed by atoms with E-state index in [2.05, 4.69) is 44.2 Å². The molecule has 0 spiro atoms. The quantitative estimate of drug-likeness (QED) is 0.441. The van der Waals surface area contributed by atoms with Gasteiger partial charge >= 0.3 is 0 Å². The number of fused-ring (bicyclic) bond motifs is 7. The maximum absolute atomic E-state index is 4.93. The van der Waals surface area contributed by atoms with Crippen LogP contribution in [-0.2, 0) is 0 Å². The zero-order valence-electron chi connectivity index (χ0n) is 13.7. The summed E-state index contributed by atoms with van der Waals surface area (Å²) < 4.78 is 0. The maximum Gasteiger partial charge on any atom is 0.237 e. The van der Waals surface area contributed by atoms with Crippen molar-refractivity contribution in [3.63, 3.8) is 0 Å². The standard InChI is InChI=1S/C21H13N5/c1-2-8-16-12(5-1)15(11-24-16)21-25-19-17-13(6-3-9-22-17)14-7-4-10-23-18(14)20(19)26-21/h1-11,24H,(H,25,26)/p+1. The molecule has 0 aliphatic carbocycles. The van der Waals surface area contributed by atoms with Crippen molar-refractivity contribution in [3.8, 4) is 11.4 Å². The van der Waals surface area contributed by atoms with Crippen LogP contribution in [0, 0.1) is 0 Å². The lowest BCUT2D eigenvalue weighted by Crippen LogP contribution is -2.02. The Bertz CT molecular complexity index is 1370. The third-order valence-corrected chi connectivity index (χ3v) is 4.98. The highest BCUT2D eigenvalue weighted by Crippen LogP contribution is 2.33. The summed E-state index contributed by atoms with van der Waals surface area (Å²) in [4.78, 5) is 19.8. The van der Waals surface area contributed by atoms with Gasteiger partial charge in [-0.2, -0.15) is 0 Å². The minimum absolute atomic E-state index is 0.842. The van der Waals surface area contributed by atoms with Gasteiger partial charge < -0.3 is 9.97 Å². The van der Waals surface area contributed by atoms with Crippen molar-refractivity contribution < 1.29 is 4.98 Å². The van der Waals surface area contributed by atoms with Crippen LogP contribution in [0.2, 0.25) is 0 Å². The van der Waals surface area contributed by atoms with Crippen LogP contribution < -0.4 is 4.98 Å². The second kappa shape index (κ2) is 4.89. The number of rotatable bonds is 1. The normalized spacial score (nSPS) is 11.8. The molecule has 0 saturated carbocycles. The van der Waals surface area contributed by atoms with Crippen molar-refractivity contribution in [2.75, 3.05) is 0 Å². The van der Waals surface area contributed by atoms with E-state index < -0.39 is 0 Å². The van der Waals surface area contributed by atoms with Crippen molar-refractivity contribution in [3.05, 3.63) is 67.1 Å². The molecule has 3 N–H and O–H groups in total. The lowest BCUT2D eigenvalue weighted by molar-refractivity contribution is -0.343. The van der Waals surface area contributed by atoms with Crippen LogP contribution in [0.15, 0.2) is 67.1 Å². The SMILES string of the molecule is c1ccc2c(-c3nc4c5ncccc5c5ccc[nH+]c5c4[nH]3)c[nH]c2c1. The number of pyridine rings is 2. The molecule has 5 nitrogen and oxygen atoms in total. The summed E-state index contributed by atoms with van der Waals surface area (Å²) in [5.74, 6) is 0.842. The lowest BCUT2D eigenvalue weighted by atomic mass is 10.1. The molecule has 4 aromatic heterocycles. The molecule has 122 valence electrons. The Morgan fingerprint density at radius 3 is 2.73 bits per heavy atom. The van der Waals surface area contributed by atoms with Crippen LogP contribution in [-0.4, -0.2) is 19.9 Å². The first-order chi connectivity index (χ1) is 12.9.